The van der Waals surface area contributed by atoms with Crippen LogP contribution in [0.3, 0.4) is 0 Å². The first-order valence-electron chi connectivity index (χ1n) is 7.10. The summed E-state index contributed by atoms with van der Waals surface area (Å²) < 4.78 is 5.75. The lowest BCUT2D eigenvalue weighted by Crippen LogP contribution is -2.49. The summed E-state index contributed by atoms with van der Waals surface area (Å²) in [4.78, 5) is 2.52. The molecule has 0 radical (unpaired) electrons. The van der Waals surface area contributed by atoms with Gasteiger partial charge in [0.2, 0.25) is 0 Å². The van der Waals surface area contributed by atoms with Crippen molar-refractivity contribution in [3.8, 4) is 6.07 Å². The third kappa shape index (κ3) is 3.20. The van der Waals surface area contributed by atoms with Gasteiger partial charge < -0.3 is 4.74 Å². The second kappa shape index (κ2) is 6.37. The minimum Gasteiger partial charge on any atom is -0.377 e. The third-order valence-corrected chi connectivity index (χ3v) is 4.18. The van der Waals surface area contributed by atoms with Crippen molar-refractivity contribution in [1.29, 1.82) is 5.26 Å². The minimum atomic E-state index is 0.254. The van der Waals surface area contributed by atoms with Crippen molar-refractivity contribution < 1.29 is 4.74 Å². The SMILES string of the molecule is CCOC1CCCN(C2CCCCC2C#N)C1. The Morgan fingerprint density at radius 3 is 2.82 bits per heavy atom. The van der Waals surface area contributed by atoms with Gasteiger partial charge in [-0.2, -0.15) is 5.26 Å². The van der Waals surface area contributed by atoms with Crippen molar-refractivity contribution in [3.05, 3.63) is 0 Å². The van der Waals surface area contributed by atoms with Crippen molar-refractivity contribution in [2.75, 3.05) is 19.7 Å². The first kappa shape index (κ1) is 12.9. The van der Waals surface area contributed by atoms with Crippen LogP contribution in [0, 0.1) is 17.2 Å². The largest absolute Gasteiger partial charge is 0.377 e. The number of piperidine rings is 1. The van der Waals surface area contributed by atoms with E-state index in [0.29, 0.717) is 12.1 Å². The lowest BCUT2D eigenvalue weighted by molar-refractivity contribution is -0.0180. The van der Waals surface area contributed by atoms with Crippen LogP contribution in [0.25, 0.3) is 0 Å². The topological polar surface area (TPSA) is 36.3 Å². The molecule has 3 unspecified atom stereocenters. The van der Waals surface area contributed by atoms with Crippen LogP contribution in [0.4, 0.5) is 0 Å². The Bertz CT molecular complexity index is 272. The molecule has 1 saturated carbocycles. The smallest absolute Gasteiger partial charge is 0.0702 e. The fraction of sp³-hybridized carbons (Fsp3) is 0.929. The van der Waals surface area contributed by atoms with Crippen LogP contribution in [0.2, 0.25) is 0 Å². The highest BCUT2D eigenvalue weighted by molar-refractivity contribution is 4.96. The molecule has 2 fully saturated rings. The third-order valence-electron chi connectivity index (χ3n) is 4.18. The maximum atomic E-state index is 9.25. The number of rotatable bonds is 3. The molecule has 17 heavy (non-hydrogen) atoms. The summed E-state index contributed by atoms with van der Waals surface area (Å²) in [5, 5.41) is 9.25. The molecule has 0 N–H and O–H groups in total. The maximum absolute atomic E-state index is 9.25. The molecular formula is C14H24N2O. The van der Waals surface area contributed by atoms with E-state index in [1.807, 2.05) is 0 Å². The molecule has 1 heterocycles. The van der Waals surface area contributed by atoms with Crippen molar-refractivity contribution >= 4 is 0 Å². The van der Waals surface area contributed by atoms with Gasteiger partial charge in [-0.25, -0.2) is 0 Å². The number of likely N-dealkylation sites (tertiary alicyclic amines) is 1. The van der Waals surface area contributed by atoms with Gasteiger partial charge in [-0.3, -0.25) is 4.90 Å². The predicted octanol–water partition coefficient (Wildman–Crippen LogP) is 2.57. The first-order chi connectivity index (χ1) is 8.35. The molecule has 0 amide bonds. The van der Waals surface area contributed by atoms with Gasteiger partial charge in [0.05, 0.1) is 18.1 Å². The quantitative estimate of drug-likeness (QED) is 0.755. The standard InChI is InChI=1S/C14H24N2O/c1-2-17-13-7-5-9-16(11-13)14-8-4-3-6-12(14)10-15/h12-14H,2-9,11H2,1H3. The van der Waals surface area contributed by atoms with Gasteiger partial charge in [-0.1, -0.05) is 12.8 Å². The lowest BCUT2D eigenvalue weighted by Gasteiger charge is -2.41. The molecule has 1 aliphatic heterocycles. The van der Waals surface area contributed by atoms with Gasteiger partial charge in [0, 0.05) is 19.2 Å². The normalized spacial score (nSPS) is 35.4. The van der Waals surface area contributed by atoms with Crippen LogP contribution in [-0.4, -0.2) is 36.7 Å². The van der Waals surface area contributed by atoms with E-state index >= 15 is 0 Å². The van der Waals surface area contributed by atoms with Crippen molar-refractivity contribution in [2.45, 2.75) is 57.6 Å². The van der Waals surface area contributed by atoms with Crippen molar-refractivity contribution in [2.24, 2.45) is 5.92 Å². The summed E-state index contributed by atoms with van der Waals surface area (Å²) in [5.74, 6) is 0.254. The fourth-order valence-electron chi connectivity index (χ4n) is 3.34. The van der Waals surface area contributed by atoms with Gasteiger partial charge in [0.15, 0.2) is 0 Å². The van der Waals surface area contributed by atoms with Gasteiger partial charge in [-0.15, -0.1) is 0 Å². The van der Waals surface area contributed by atoms with Crippen LogP contribution in [0.1, 0.15) is 45.4 Å². The molecule has 1 saturated heterocycles. The molecule has 3 atom stereocenters. The molecule has 0 aromatic heterocycles. The van der Waals surface area contributed by atoms with E-state index in [9.17, 15) is 5.26 Å². The number of hydrogen-bond donors (Lipinski definition) is 0. The highest BCUT2D eigenvalue weighted by Crippen LogP contribution is 2.30. The van der Waals surface area contributed by atoms with E-state index in [4.69, 9.17) is 4.74 Å². The zero-order chi connectivity index (χ0) is 12.1. The number of nitriles is 1. The zero-order valence-electron chi connectivity index (χ0n) is 10.9. The second-order valence-corrected chi connectivity index (χ2v) is 5.30. The molecule has 0 bridgehead atoms. The Kier molecular flexibility index (Phi) is 4.82. The van der Waals surface area contributed by atoms with E-state index in [0.717, 1.165) is 26.1 Å². The molecule has 1 aliphatic carbocycles. The summed E-state index contributed by atoms with van der Waals surface area (Å²) in [5.41, 5.74) is 0. The monoisotopic (exact) mass is 236 g/mol. The summed E-state index contributed by atoms with van der Waals surface area (Å²) in [6.07, 6.45) is 7.63. The Balaban J connectivity index is 1.93. The van der Waals surface area contributed by atoms with E-state index in [1.165, 1.54) is 32.1 Å². The van der Waals surface area contributed by atoms with Gasteiger partial charge in [-0.05, 0) is 39.2 Å². The van der Waals surface area contributed by atoms with E-state index in [-0.39, 0.29) is 5.92 Å². The first-order valence-corrected chi connectivity index (χ1v) is 7.10. The summed E-state index contributed by atoms with van der Waals surface area (Å²) in [7, 11) is 0. The van der Waals surface area contributed by atoms with E-state index in [1.54, 1.807) is 0 Å². The Morgan fingerprint density at radius 2 is 2.06 bits per heavy atom. The summed E-state index contributed by atoms with van der Waals surface area (Å²) in [6.45, 7) is 5.07. The second-order valence-electron chi connectivity index (χ2n) is 5.30. The molecule has 96 valence electrons. The predicted molar refractivity (Wildman–Crippen MR) is 67.6 cm³/mol. The highest BCUT2D eigenvalue weighted by Gasteiger charge is 2.33. The Hall–Kier alpha value is -0.590. The van der Waals surface area contributed by atoms with Crippen LogP contribution >= 0.6 is 0 Å². The maximum Gasteiger partial charge on any atom is 0.0702 e. The summed E-state index contributed by atoms with van der Waals surface area (Å²) in [6, 6.07) is 3.01. The Labute approximate surface area is 105 Å². The van der Waals surface area contributed by atoms with Crippen LogP contribution in [0.5, 0.6) is 0 Å². The van der Waals surface area contributed by atoms with Gasteiger partial charge in [0.25, 0.3) is 0 Å². The van der Waals surface area contributed by atoms with E-state index < -0.39 is 0 Å². The molecule has 0 spiro atoms. The highest BCUT2D eigenvalue weighted by atomic mass is 16.5. The molecule has 2 aliphatic rings. The fourth-order valence-corrected chi connectivity index (χ4v) is 3.34. The van der Waals surface area contributed by atoms with Gasteiger partial charge in [0.1, 0.15) is 0 Å². The molecular weight excluding hydrogens is 212 g/mol. The molecule has 2 rings (SSSR count). The lowest BCUT2D eigenvalue weighted by atomic mass is 9.83. The van der Waals surface area contributed by atoms with Crippen LogP contribution < -0.4 is 0 Å². The molecule has 3 heteroatoms. The summed E-state index contributed by atoms with van der Waals surface area (Å²) >= 11 is 0. The van der Waals surface area contributed by atoms with Crippen LogP contribution in [0.15, 0.2) is 0 Å². The molecule has 0 aromatic carbocycles. The molecule has 0 aromatic rings. The minimum absolute atomic E-state index is 0.254. The van der Waals surface area contributed by atoms with Crippen molar-refractivity contribution in [3.63, 3.8) is 0 Å². The number of nitrogens with zero attached hydrogens (tertiary/aromatic N) is 2. The van der Waals surface area contributed by atoms with E-state index in [2.05, 4.69) is 17.9 Å². The Morgan fingerprint density at radius 1 is 1.24 bits per heavy atom. The zero-order valence-corrected chi connectivity index (χ0v) is 10.9. The van der Waals surface area contributed by atoms with Crippen molar-refractivity contribution in [1.82, 2.24) is 4.90 Å². The van der Waals surface area contributed by atoms with Gasteiger partial charge >= 0.3 is 0 Å². The van der Waals surface area contributed by atoms with Crippen LogP contribution in [-0.2, 0) is 4.74 Å². The molecule has 3 nitrogen and oxygen atoms in total. The number of ether oxygens (including phenoxy) is 1. The average molecular weight is 236 g/mol. The number of hydrogen-bond acceptors (Lipinski definition) is 3. The average Bonchev–Trinajstić information content (AvgIpc) is 2.39.